The maximum Gasteiger partial charge on any atom is 0.255 e. The van der Waals surface area contributed by atoms with Crippen molar-refractivity contribution in [3.63, 3.8) is 0 Å². The average Bonchev–Trinajstić information content (AvgIpc) is 3.20. The first-order valence-electron chi connectivity index (χ1n) is 8.71. The van der Waals surface area contributed by atoms with Crippen LogP contribution in [0, 0.1) is 0 Å². The number of benzene rings is 2. The summed E-state index contributed by atoms with van der Waals surface area (Å²) in [4.78, 5) is 24.9. The minimum absolute atomic E-state index is 0.0655. The molecule has 7 heteroatoms. The Kier molecular flexibility index (Phi) is 6.32. The number of rotatable bonds is 6. The molecule has 2 aromatic rings. The Balaban J connectivity index is 1.68. The van der Waals surface area contributed by atoms with E-state index in [0.717, 1.165) is 19.4 Å². The van der Waals surface area contributed by atoms with E-state index in [4.69, 9.17) is 21.1 Å². The van der Waals surface area contributed by atoms with Gasteiger partial charge >= 0.3 is 0 Å². The predicted octanol–water partition coefficient (Wildman–Crippen LogP) is 3.51. The van der Waals surface area contributed by atoms with Gasteiger partial charge in [-0.25, -0.2) is 0 Å². The summed E-state index contributed by atoms with van der Waals surface area (Å²) in [6.45, 7) is 1.21. The zero-order chi connectivity index (χ0) is 19.2. The van der Waals surface area contributed by atoms with E-state index in [0.29, 0.717) is 34.1 Å². The standard InChI is InChI=1S/C20H21ClN2O4/c1-26-18-8-7-15(21)11-17(18)23-20(25)14-5-2-4-13(10-14)19(24)22-12-16-6-3-9-27-16/h2,4-5,7-8,10-11,16H,3,6,9,12H2,1H3,(H,22,24)(H,23,25). The number of hydrogen-bond donors (Lipinski definition) is 2. The molecule has 1 aliphatic heterocycles. The molecule has 3 rings (SSSR count). The van der Waals surface area contributed by atoms with Gasteiger partial charge in [0.1, 0.15) is 5.75 Å². The van der Waals surface area contributed by atoms with Crippen LogP contribution in [0.2, 0.25) is 5.02 Å². The molecule has 27 heavy (non-hydrogen) atoms. The van der Waals surface area contributed by atoms with Gasteiger partial charge in [-0.15, -0.1) is 0 Å². The van der Waals surface area contributed by atoms with E-state index in [2.05, 4.69) is 10.6 Å². The van der Waals surface area contributed by atoms with Crippen molar-refractivity contribution in [3.05, 3.63) is 58.6 Å². The average molecular weight is 389 g/mol. The second kappa shape index (κ2) is 8.88. The molecule has 142 valence electrons. The molecule has 0 bridgehead atoms. The fourth-order valence-electron chi connectivity index (χ4n) is 2.89. The van der Waals surface area contributed by atoms with Gasteiger partial charge in [-0.2, -0.15) is 0 Å². The number of amides is 2. The van der Waals surface area contributed by atoms with Crippen molar-refractivity contribution < 1.29 is 19.1 Å². The number of methoxy groups -OCH3 is 1. The third kappa shape index (κ3) is 4.99. The minimum atomic E-state index is -0.357. The predicted molar refractivity (Wildman–Crippen MR) is 104 cm³/mol. The minimum Gasteiger partial charge on any atom is -0.495 e. The van der Waals surface area contributed by atoms with Crippen molar-refractivity contribution in [3.8, 4) is 5.75 Å². The summed E-state index contributed by atoms with van der Waals surface area (Å²) >= 11 is 5.99. The molecule has 1 atom stereocenters. The molecule has 1 unspecified atom stereocenters. The molecule has 1 saturated heterocycles. The molecule has 0 saturated carbocycles. The van der Waals surface area contributed by atoms with Crippen molar-refractivity contribution in [2.45, 2.75) is 18.9 Å². The van der Waals surface area contributed by atoms with Crippen LogP contribution in [0.3, 0.4) is 0 Å². The first kappa shape index (κ1) is 19.2. The van der Waals surface area contributed by atoms with Crippen LogP contribution in [-0.4, -0.2) is 38.2 Å². The fourth-order valence-corrected chi connectivity index (χ4v) is 3.06. The summed E-state index contributed by atoms with van der Waals surface area (Å²) in [5.41, 5.74) is 1.24. The summed E-state index contributed by atoms with van der Waals surface area (Å²) in [7, 11) is 1.51. The van der Waals surface area contributed by atoms with Crippen LogP contribution in [0.15, 0.2) is 42.5 Å². The van der Waals surface area contributed by atoms with Gasteiger partial charge in [0, 0.05) is 29.3 Å². The third-order valence-corrected chi connectivity index (χ3v) is 4.55. The molecule has 1 aliphatic rings. The van der Waals surface area contributed by atoms with E-state index in [1.54, 1.807) is 42.5 Å². The highest BCUT2D eigenvalue weighted by molar-refractivity contribution is 6.31. The number of carbonyl (C=O) groups is 2. The smallest absolute Gasteiger partial charge is 0.255 e. The van der Waals surface area contributed by atoms with E-state index in [1.807, 2.05) is 0 Å². The molecular weight excluding hydrogens is 368 g/mol. The summed E-state index contributed by atoms with van der Waals surface area (Å²) < 4.78 is 10.7. The topological polar surface area (TPSA) is 76.7 Å². The Morgan fingerprint density at radius 2 is 1.96 bits per heavy atom. The summed E-state index contributed by atoms with van der Waals surface area (Å²) in [6, 6.07) is 11.5. The second-order valence-corrected chi connectivity index (χ2v) is 6.66. The van der Waals surface area contributed by atoms with Gasteiger partial charge < -0.3 is 20.1 Å². The lowest BCUT2D eigenvalue weighted by Gasteiger charge is -2.12. The van der Waals surface area contributed by atoms with Gasteiger partial charge in [0.05, 0.1) is 18.9 Å². The van der Waals surface area contributed by atoms with Crippen LogP contribution in [0.5, 0.6) is 5.75 Å². The lowest BCUT2D eigenvalue weighted by Crippen LogP contribution is -2.31. The number of anilines is 1. The molecule has 1 heterocycles. The van der Waals surface area contributed by atoms with Crippen molar-refractivity contribution in [2.75, 3.05) is 25.6 Å². The number of hydrogen-bond acceptors (Lipinski definition) is 4. The molecule has 0 radical (unpaired) electrons. The summed E-state index contributed by atoms with van der Waals surface area (Å²) in [5, 5.41) is 6.09. The summed E-state index contributed by atoms with van der Waals surface area (Å²) in [5.74, 6) is -0.0944. The Morgan fingerprint density at radius 3 is 2.67 bits per heavy atom. The van der Waals surface area contributed by atoms with Gasteiger partial charge in [0.25, 0.3) is 11.8 Å². The van der Waals surface area contributed by atoms with Gasteiger partial charge in [-0.1, -0.05) is 17.7 Å². The van der Waals surface area contributed by atoms with Crippen molar-refractivity contribution in [1.82, 2.24) is 5.32 Å². The van der Waals surface area contributed by atoms with Gasteiger partial charge in [0.15, 0.2) is 0 Å². The Hall–Kier alpha value is -2.57. The van der Waals surface area contributed by atoms with Crippen LogP contribution in [0.1, 0.15) is 33.6 Å². The highest BCUT2D eigenvalue weighted by atomic mass is 35.5. The van der Waals surface area contributed by atoms with Crippen molar-refractivity contribution >= 4 is 29.1 Å². The monoisotopic (exact) mass is 388 g/mol. The van der Waals surface area contributed by atoms with E-state index < -0.39 is 0 Å². The third-order valence-electron chi connectivity index (χ3n) is 4.31. The van der Waals surface area contributed by atoms with Gasteiger partial charge in [-0.05, 0) is 49.2 Å². The lowest BCUT2D eigenvalue weighted by molar-refractivity contribution is 0.0858. The Labute approximate surface area is 162 Å². The van der Waals surface area contributed by atoms with Crippen LogP contribution in [0.25, 0.3) is 0 Å². The normalized spacial score (nSPS) is 16.0. The molecule has 0 aliphatic carbocycles. The first-order chi connectivity index (χ1) is 13.1. The molecule has 2 N–H and O–H groups in total. The quantitative estimate of drug-likeness (QED) is 0.793. The van der Waals surface area contributed by atoms with E-state index in [-0.39, 0.29) is 17.9 Å². The van der Waals surface area contributed by atoms with Crippen LogP contribution in [0.4, 0.5) is 5.69 Å². The number of halogens is 1. The fraction of sp³-hybridized carbons (Fsp3) is 0.300. The van der Waals surface area contributed by atoms with E-state index in [1.165, 1.54) is 7.11 Å². The van der Waals surface area contributed by atoms with Crippen molar-refractivity contribution in [2.24, 2.45) is 0 Å². The van der Waals surface area contributed by atoms with Crippen LogP contribution in [-0.2, 0) is 4.74 Å². The van der Waals surface area contributed by atoms with E-state index >= 15 is 0 Å². The highest BCUT2D eigenvalue weighted by Gasteiger charge is 2.17. The molecule has 0 aromatic heterocycles. The Morgan fingerprint density at radius 1 is 1.19 bits per heavy atom. The maximum atomic E-state index is 12.6. The van der Waals surface area contributed by atoms with E-state index in [9.17, 15) is 9.59 Å². The number of ether oxygens (including phenoxy) is 2. The molecule has 1 fully saturated rings. The lowest BCUT2D eigenvalue weighted by atomic mass is 10.1. The van der Waals surface area contributed by atoms with Crippen LogP contribution < -0.4 is 15.4 Å². The second-order valence-electron chi connectivity index (χ2n) is 6.22. The molecule has 2 amide bonds. The first-order valence-corrected chi connectivity index (χ1v) is 9.09. The molecular formula is C20H21ClN2O4. The Bertz CT molecular complexity index is 834. The number of carbonyl (C=O) groups excluding carboxylic acids is 2. The number of nitrogens with one attached hydrogen (secondary N) is 2. The zero-order valence-electron chi connectivity index (χ0n) is 15.0. The zero-order valence-corrected chi connectivity index (χ0v) is 15.7. The highest BCUT2D eigenvalue weighted by Crippen LogP contribution is 2.28. The van der Waals surface area contributed by atoms with Gasteiger partial charge in [0.2, 0.25) is 0 Å². The molecule has 0 spiro atoms. The van der Waals surface area contributed by atoms with Gasteiger partial charge in [-0.3, -0.25) is 9.59 Å². The largest absolute Gasteiger partial charge is 0.495 e. The SMILES string of the molecule is COc1ccc(Cl)cc1NC(=O)c1cccc(C(=O)NCC2CCCO2)c1. The maximum absolute atomic E-state index is 12.6. The molecule has 2 aromatic carbocycles. The van der Waals surface area contributed by atoms with Crippen molar-refractivity contribution in [1.29, 1.82) is 0 Å². The molecule has 6 nitrogen and oxygen atoms in total. The summed E-state index contributed by atoms with van der Waals surface area (Å²) in [6.07, 6.45) is 2.03. The van der Waals surface area contributed by atoms with Crippen LogP contribution >= 0.6 is 11.6 Å².